The SMILES string of the molecule is CC(CCS)(SC(C)(CCS)C(=O)O)C(=O)O. The Kier molecular flexibility index (Phi) is 6.79. The van der Waals surface area contributed by atoms with Crippen molar-refractivity contribution in [3.05, 3.63) is 0 Å². The van der Waals surface area contributed by atoms with Gasteiger partial charge in [-0.2, -0.15) is 25.3 Å². The van der Waals surface area contributed by atoms with Gasteiger partial charge in [0.15, 0.2) is 0 Å². The van der Waals surface area contributed by atoms with Crippen molar-refractivity contribution in [1.29, 1.82) is 0 Å². The summed E-state index contributed by atoms with van der Waals surface area (Å²) in [5, 5.41) is 18.4. The van der Waals surface area contributed by atoms with Crippen molar-refractivity contribution < 1.29 is 19.8 Å². The maximum absolute atomic E-state index is 11.2. The van der Waals surface area contributed by atoms with Crippen LogP contribution in [-0.2, 0) is 9.59 Å². The second-order valence-electron chi connectivity index (χ2n) is 4.12. The standard InChI is InChI=1S/C10H18O4S3/c1-9(3-5-15,7(11)12)17-10(2,4-6-16)8(13)14/h15-16H,3-6H2,1-2H3,(H,11,12)(H,13,14). The third kappa shape index (κ3) is 4.63. The van der Waals surface area contributed by atoms with Crippen molar-refractivity contribution >= 4 is 49.0 Å². The fourth-order valence-corrected chi connectivity index (χ4v) is 4.10. The van der Waals surface area contributed by atoms with Gasteiger partial charge in [-0.3, -0.25) is 9.59 Å². The van der Waals surface area contributed by atoms with Gasteiger partial charge in [0.2, 0.25) is 0 Å². The number of thioether (sulfide) groups is 1. The predicted octanol–water partition coefficient (Wildman–Crippen LogP) is 2.05. The fourth-order valence-electron chi connectivity index (χ4n) is 1.33. The molecule has 4 nitrogen and oxygen atoms in total. The number of carboxylic acid groups (broad SMARTS) is 2. The zero-order valence-electron chi connectivity index (χ0n) is 9.84. The van der Waals surface area contributed by atoms with E-state index in [0.29, 0.717) is 24.3 Å². The lowest BCUT2D eigenvalue weighted by molar-refractivity contribution is -0.139. The summed E-state index contributed by atoms with van der Waals surface area (Å²) in [7, 11) is 0. The summed E-state index contributed by atoms with van der Waals surface area (Å²) in [5.74, 6) is -1.23. The summed E-state index contributed by atoms with van der Waals surface area (Å²) in [4.78, 5) is 22.5. The van der Waals surface area contributed by atoms with Crippen LogP contribution in [-0.4, -0.2) is 43.2 Å². The molecule has 2 atom stereocenters. The summed E-state index contributed by atoms with van der Waals surface area (Å²) in [6.45, 7) is 3.08. The molecule has 0 bridgehead atoms. The first-order valence-electron chi connectivity index (χ1n) is 5.10. The lowest BCUT2D eigenvalue weighted by atomic mass is 10.1. The molecule has 0 aliphatic carbocycles. The Labute approximate surface area is 116 Å². The van der Waals surface area contributed by atoms with Gasteiger partial charge in [-0.05, 0) is 38.2 Å². The highest BCUT2D eigenvalue weighted by atomic mass is 32.2. The minimum absolute atomic E-state index is 0.311. The number of aliphatic carboxylic acids is 2. The van der Waals surface area contributed by atoms with Crippen molar-refractivity contribution in [3.8, 4) is 0 Å². The molecule has 0 heterocycles. The summed E-state index contributed by atoms with van der Waals surface area (Å²) < 4.78 is -2.28. The van der Waals surface area contributed by atoms with E-state index in [4.69, 9.17) is 0 Å². The van der Waals surface area contributed by atoms with Crippen LogP contribution in [0, 0.1) is 0 Å². The topological polar surface area (TPSA) is 74.6 Å². The van der Waals surface area contributed by atoms with Gasteiger partial charge < -0.3 is 10.2 Å². The molecule has 0 aliphatic rings. The Hall–Kier alpha value is -0.0100. The summed E-state index contributed by atoms with van der Waals surface area (Å²) >= 11 is 9.01. The normalized spacial score (nSPS) is 18.1. The van der Waals surface area contributed by atoms with E-state index < -0.39 is 21.4 Å². The lowest BCUT2D eigenvalue weighted by Gasteiger charge is -2.33. The molecule has 7 heteroatoms. The van der Waals surface area contributed by atoms with Crippen molar-refractivity contribution in [2.45, 2.75) is 36.2 Å². The molecule has 0 saturated carbocycles. The van der Waals surface area contributed by atoms with Crippen LogP contribution in [0.15, 0.2) is 0 Å². The van der Waals surface area contributed by atoms with Crippen LogP contribution in [0.25, 0.3) is 0 Å². The maximum Gasteiger partial charge on any atom is 0.319 e. The summed E-state index contributed by atoms with van der Waals surface area (Å²) in [6, 6.07) is 0. The number of carboxylic acids is 2. The molecule has 17 heavy (non-hydrogen) atoms. The number of hydrogen-bond acceptors (Lipinski definition) is 5. The summed E-state index contributed by atoms with van der Waals surface area (Å²) in [5.41, 5.74) is 0. The van der Waals surface area contributed by atoms with E-state index in [2.05, 4.69) is 25.3 Å². The molecule has 0 aromatic heterocycles. The fraction of sp³-hybridized carbons (Fsp3) is 0.800. The van der Waals surface area contributed by atoms with Gasteiger partial charge in [-0.25, -0.2) is 0 Å². The highest BCUT2D eigenvalue weighted by Crippen LogP contribution is 2.42. The molecular weight excluding hydrogens is 280 g/mol. The minimum atomic E-state index is -1.14. The molecule has 2 N–H and O–H groups in total. The van der Waals surface area contributed by atoms with Crippen molar-refractivity contribution in [2.24, 2.45) is 0 Å². The van der Waals surface area contributed by atoms with Gasteiger partial charge in [0.05, 0.1) is 0 Å². The molecule has 2 unspecified atom stereocenters. The summed E-state index contributed by atoms with van der Waals surface area (Å²) in [6.07, 6.45) is 0.622. The number of hydrogen-bond donors (Lipinski definition) is 4. The third-order valence-electron chi connectivity index (χ3n) is 2.53. The first-order chi connectivity index (χ1) is 7.72. The lowest BCUT2D eigenvalue weighted by Crippen LogP contribution is -2.42. The first kappa shape index (κ1) is 17.0. The van der Waals surface area contributed by atoms with E-state index in [0.717, 1.165) is 11.8 Å². The van der Waals surface area contributed by atoms with Crippen LogP contribution in [0.4, 0.5) is 0 Å². The van der Waals surface area contributed by atoms with Crippen LogP contribution < -0.4 is 0 Å². The predicted molar refractivity (Wildman–Crippen MR) is 76.6 cm³/mol. The second-order valence-corrected chi connectivity index (χ2v) is 7.02. The Morgan fingerprint density at radius 2 is 1.29 bits per heavy atom. The number of carbonyl (C=O) groups is 2. The zero-order valence-corrected chi connectivity index (χ0v) is 12.4. The van der Waals surface area contributed by atoms with Crippen molar-refractivity contribution in [1.82, 2.24) is 0 Å². The number of thiol groups is 2. The van der Waals surface area contributed by atoms with Crippen LogP contribution in [0.2, 0.25) is 0 Å². The second kappa shape index (κ2) is 6.80. The molecule has 0 aliphatic heterocycles. The van der Waals surface area contributed by atoms with E-state index in [1.54, 1.807) is 0 Å². The molecule has 0 aromatic carbocycles. The molecule has 0 amide bonds. The van der Waals surface area contributed by atoms with E-state index in [1.165, 1.54) is 13.8 Å². The van der Waals surface area contributed by atoms with Crippen LogP contribution >= 0.6 is 37.0 Å². The Bertz CT molecular complexity index is 269. The van der Waals surface area contributed by atoms with Crippen molar-refractivity contribution in [2.75, 3.05) is 11.5 Å². The first-order valence-corrected chi connectivity index (χ1v) is 7.18. The molecule has 0 spiro atoms. The van der Waals surface area contributed by atoms with Gasteiger partial charge in [-0.1, -0.05) is 0 Å². The van der Waals surface area contributed by atoms with Crippen LogP contribution in [0.3, 0.4) is 0 Å². The Balaban J connectivity index is 5.06. The molecule has 100 valence electrons. The average Bonchev–Trinajstić information content (AvgIpc) is 2.17. The molecule has 0 radical (unpaired) electrons. The van der Waals surface area contributed by atoms with Crippen LogP contribution in [0.5, 0.6) is 0 Å². The monoisotopic (exact) mass is 298 g/mol. The minimum Gasteiger partial charge on any atom is -0.480 e. The quantitative estimate of drug-likeness (QED) is 0.516. The molecule has 0 aromatic rings. The molecular formula is C10H18O4S3. The third-order valence-corrected chi connectivity index (χ3v) is 4.64. The highest BCUT2D eigenvalue weighted by Gasteiger charge is 2.44. The zero-order chi connectivity index (χ0) is 13.7. The van der Waals surface area contributed by atoms with Gasteiger partial charge >= 0.3 is 11.9 Å². The number of rotatable bonds is 8. The Morgan fingerprint density at radius 1 is 1.00 bits per heavy atom. The van der Waals surface area contributed by atoms with Gasteiger partial charge in [0, 0.05) is 0 Å². The van der Waals surface area contributed by atoms with Gasteiger partial charge in [0.1, 0.15) is 9.49 Å². The largest absolute Gasteiger partial charge is 0.480 e. The average molecular weight is 298 g/mol. The van der Waals surface area contributed by atoms with E-state index in [1.807, 2.05) is 0 Å². The van der Waals surface area contributed by atoms with E-state index in [9.17, 15) is 19.8 Å². The highest BCUT2D eigenvalue weighted by molar-refractivity contribution is 8.03. The van der Waals surface area contributed by atoms with Crippen LogP contribution in [0.1, 0.15) is 26.7 Å². The van der Waals surface area contributed by atoms with Gasteiger partial charge in [-0.15, -0.1) is 11.8 Å². The maximum atomic E-state index is 11.2. The van der Waals surface area contributed by atoms with Gasteiger partial charge in [0.25, 0.3) is 0 Å². The molecule has 0 fully saturated rings. The van der Waals surface area contributed by atoms with E-state index in [-0.39, 0.29) is 0 Å². The van der Waals surface area contributed by atoms with Crippen molar-refractivity contribution in [3.63, 3.8) is 0 Å². The molecule has 0 saturated heterocycles. The smallest absolute Gasteiger partial charge is 0.319 e. The van der Waals surface area contributed by atoms with E-state index >= 15 is 0 Å². The Morgan fingerprint density at radius 3 is 1.47 bits per heavy atom. The molecule has 0 rings (SSSR count).